The first-order chi connectivity index (χ1) is 11.7. The van der Waals surface area contributed by atoms with Crippen molar-refractivity contribution < 1.29 is 9.53 Å². The fourth-order valence-electron chi connectivity index (χ4n) is 4.25. The number of aromatic nitrogens is 2. The molecule has 0 bridgehead atoms. The molecule has 2 aliphatic rings. The van der Waals surface area contributed by atoms with Crippen LogP contribution in [0.4, 0.5) is 4.79 Å². The van der Waals surface area contributed by atoms with E-state index in [1.807, 2.05) is 11.1 Å². The number of aromatic amines is 1. The number of rotatable bonds is 6. The Kier molecular flexibility index (Phi) is 5.76. The van der Waals surface area contributed by atoms with Crippen LogP contribution >= 0.6 is 0 Å². The van der Waals surface area contributed by atoms with E-state index in [-0.39, 0.29) is 6.09 Å². The first-order valence-electron chi connectivity index (χ1n) is 9.29. The highest BCUT2D eigenvalue weighted by Crippen LogP contribution is 2.25. The lowest BCUT2D eigenvalue weighted by atomic mass is 9.92. The molecular formula is C18H30N4O2. The van der Waals surface area contributed by atoms with Crippen molar-refractivity contribution in [1.82, 2.24) is 20.0 Å². The third kappa shape index (κ3) is 3.91. The Labute approximate surface area is 144 Å². The molecular weight excluding hydrogens is 304 g/mol. The fraction of sp³-hybridized carbons (Fsp3) is 0.778. The summed E-state index contributed by atoms with van der Waals surface area (Å²) in [5, 5.41) is 7.30. The maximum Gasteiger partial charge on any atom is 0.409 e. The highest BCUT2D eigenvalue weighted by Gasteiger charge is 2.27. The minimum atomic E-state index is -0.175. The van der Waals surface area contributed by atoms with Gasteiger partial charge in [-0.15, -0.1) is 0 Å². The van der Waals surface area contributed by atoms with Gasteiger partial charge in [-0.25, -0.2) is 4.79 Å². The zero-order chi connectivity index (χ0) is 16.9. The molecule has 1 amide bonds. The van der Waals surface area contributed by atoms with Crippen LogP contribution in [0.3, 0.4) is 0 Å². The van der Waals surface area contributed by atoms with Crippen molar-refractivity contribution in [3.8, 4) is 0 Å². The molecule has 2 atom stereocenters. The molecule has 2 unspecified atom stereocenters. The molecule has 24 heavy (non-hydrogen) atoms. The van der Waals surface area contributed by atoms with Crippen LogP contribution in [0, 0.1) is 5.92 Å². The van der Waals surface area contributed by atoms with Gasteiger partial charge < -0.3 is 14.5 Å². The van der Waals surface area contributed by atoms with Crippen molar-refractivity contribution >= 4 is 6.09 Å². The van der Waals surface area contributed by atoms with Crippen LogP contribution in [0.25, 0.3) is 0 Å². The zero-order valence-corrected chi connectivity index (χ0v) is 15.0. The average Bonchev–Trinajstić information content (AvgIpc) is 3.26. The van der Waals surface area contributed by atoms with E-state index in [1.54, 1.807) is 0 Å². The third-order valence-corrected chi connectivity index (χ3v) is 5.69. The summed E-state index contributed by atoms with van der Waals surface area (Å²) in [5.41, 5.74) is 2.73. The normalized spacial score (nSPS) is 23.5. The van der Waals surface area contributed by atoms with E-state index in [2.05, 4.69) is 22.0 Å². The number of carbonyl (C=O) groups excluding carboxylic acids is 1. The molecule has 6 heteroatoms. The predicted octanol–water partition coefficient (Wildman–Crippen LogP) is 2.46. The van der Waals surface area contributed by atoms with E-state index in [4.69, 9.17) is 4.74 Å². The maximum atomic E-state index is 11.6. The average molecular weight is 334 g/mol. The van der Waals surface area contributed by atoms with Gasteiger partial charge in [0.1, 0.15) is 0 Å². The van der Waals surface area contributed by atoms with Crippen LogP contribution in [0.5, 0.6) is 0 Å². The number of likely N-dealkylation sites (tertiary alicyclic amines) is 1. The highest BCUT2D eigenvalue weighted by molar-refractivity contribution is 5.67. The molecule has 134 valence electrons. The van der Waals surface area contributed by atoms with Crippen LogP contribution < -0.4 is 0 Å². The van der Waals surface area contributed by atoms with E-state index in [9.17, 15) is 4.79 Å². The Balaban J connectivity index is 1.42. The Morgan fingerprint density at radius 1 is 1.50 bits per heavy atom. The van der Waals surface area contributed by atoms with E-state index in [1.165, 1.54) is 37.6 Å². The van der Waals surface area contributed by atoms with Gasteiger partial charge in [-0.05, 0) is 63.1 Å². The number of likely N-dealkylation sites (N-methyl/N-ethyl adjacent to an activating group) is 1. The lowest BCUT2D eigenvalue weighted by molar-refractivity contribution is 0.131. The highest BCUT2D eigenvalue weighted by atomic mass is 16.5. The summed E-state index contributed by atoms with van der Waals surface area (Å²) in [5.74, 6) is 0.634. The molecule has 1 aromatic heterocycles. The van der Waals surface area contributed by atoms with Gasteiger partial charge in [0.25, 0.3) is 0 Å². The molecule has 1 N–H and O–H groups in total. The van der Waals surface area contributed by atoms with Gasteiger partial charge in [-0.3, -0.25) is 5.10 Å². The number of hydrogen-bond donors (Lipinski definition) is 1. The van der Waals surface area contributed by atoms with E-state index < -0.39 is 0 Å². The van der Waals surface area contributed by atoms with Crippen LogP contribution in [0.1, 0.15) is 43.9 Å². The van der Waals surface area contributed by atoms with Crippen molar-refractivity contribution in [3.05, 3.63) is 17.5 Å². The molecule has 1 saturated heterocycles. The van der Waals surface area contributed by atoms with Crippen molar-refractivity contribution in [2.24, 2.45) is 5.92 Å². The largest absolute Gasteiger partial charge is 0.453 e. The zero-order valence-electron chi connectivity index (χ0n) is 15.0. The van der Waals surface area contributed by atoms with Gasteiger partial charge in [-0.1, -0.05) is 6.92 Å². The minimum Gasteiger partial charge on any atom is -0.453 e. The van der Waals surface area contributed by atoms with Crippen molar-refractivity contribution in [3.63, 3.8) is 0 Å². The molecule has 0 spiro atoms. The Morgan fingerprint density at radius 2 is 2.38 bits per heavy atom. The maximum absolute atomic E-state index is 11.6. The van der Waals surface area contributed by atoms with Crippen LogP contribution in [0.2, 0.25) is 0 Å². The topological polar surface area (TPSA) is 61.5 Å². The van der Waals surface area contributed by atoms with Crippen molar-refractivity contribution in [2.45, 2.75) is 51.5 Å². The van der Waals surface area contributed by atoms with Gasteiger partial charge in [0.15, 0.2) is 0 Å². The Morgan fingerprint density at radius 3 is 3.17 bits per heavy atom. The van der Waals surface area contributed by atoms with E-state index in [0.29, 0.717) is 12.0 Å². The number of nitrogens with one attached hydrogen (secondary N) is 1. The number of aryl methyl sites for hydroxylation is 1. The summed E-state index contributed by atoms with van der Waals surface area (Å²) in [7, 11) is 1.46. The number of fused-ring (bicyclic) bond motifs is 1. The lowest BCUT2D eigenvalue weighted by Crippen LogP contribution is -2.39. The number of amides is 1. The molecule has 3 rings (SSSR count). The van der Waals surface area contributed by atoms with Gasteiger partial charge in [0.05, 0.1) is 13.3 Å². The second-order valence-corrected chi connectivity index (χ2v) is 7.11. The number of hydrogen-bond acceptors (Lipinski definition) is 4. The summed E-state index contributed by atoms with van der Waals surface area (Å²) >= 11 is 0. The van der Waals surface area contributed by atoms with Gasteiger partial charge in [0, 0.05) is 24.8 Å². The van der Waals surface area contributed by atoms with Crippen LogP contribution in [-0.2, 0) is 17.6 Å². The molecule has 2 heterocycles. The second-order valence-electron chi connectivity index (χ2n) is 7.11. The quantitative estimate of drug-likeness (QED) is 0.868. The Hall–Kier alpha value is -1.56. The number of H-pyrrole nitrogens is 1. The fourth-order valence-corrected chi connectivity index (χ4v) is 4.25. The summed E-state index contributed by atoms with van der Waals surface area (Å²) in [6.07, 6.45) is 8.81. The van der Waals surface area contributed by atoms with E-state index in [0.717, 1.165) is 45.4 Å². The minimum absolute atomic E-state index is 0.175. The van der Waals surface area contributed by atoms with Gasteiger partial charge in [0.2, 0.25) is 0 Å². The lowest BCUT2D eigenvalue weighted by Gasteiger charge is -2.33. The number of carbonyl (C=O) groups is 1. The third-order valence-electron chi connectivity index (χ3n) is 5.69. The SMILES string of the molecule is CCN(CCCC1CCN(C(=O)OC)C1)C1CCc2[nH]ncc2C1. The number of ether oxygens (including phenoxy) is 1. The summed E-state index contributed by atoms with van der Waals surface area (Å²) < 4.78 is 4.82. The molecule has 6 nitrogen and oxygen atoms in total. The smallest absolute Gasteiger partial charge is 0.409 e. The molecule has 1 aliphatic carbocycles. The summed E-state index contributed by atoms with van der Waals surface area (Å²) in [6.45, 7) is 6.24. The molecule has 1 aromatic rings. The summed E-state index contributed by atoms with van der Waals surface area (Å²) in [6, 6.07) is 0.648. The number of nitrogens with zero attached hydrogens (tertiary/aromatic N) is 3. The second kappa shape index (κ2) is 8.01. The van der Waals surface area contributed by atoms with Gasteiger partial charge >= 0.3 is 6.09 Å². The standard InChI is InChI=1S/C18H30N4O2/c1-3-21(16-6-7-17-15(11-16)12-19-20-17)9-4-5-14-8-10-22(13-14)18(23)24-2/h12,14,16H,3-11,13H2,1-2H3,(H,19,20). The van der Waals surface area contributed by atoms with E-state index >= 15 is 0 Å². The Bertz CT molecular complexity index is 545. The monoisotopic (exact) mass is 334 g/mol. The first kappa shape index (κ1) is 17.3. The predicted molar refractivity (Wildman–Crippen MR) is 93.0 cm³/mol. The molecule has 0 saturated carbocycles. The van der Waals surface area contributed by atoms with Gasteiger partial charge in [-0.2, -0.15) is 5.10 Å². The van der Waals surface area contributed by atoms with Crippen molar-refractivity contribution in [2.75, 3.05) is 33.3 Å². The van der Waals surface area contributed by atoms with Crippen LogP contribution in [0.15, 0.2) is 6.20 Å². The molecule has 0 aromatic carbocycles. The molecule has 1 aliphatic heterocycles. The molecule has 1 fully saturated rings. The first-order valence-corrected chi connectivity index (χ1v) is 9.29. The number of methoxy groups -OCH3 is 1. The van der Waals surface area contributed by atoms with Crippen LogP contribution in [-0.4, -0.2) is 65.4 Å². The summed E-state index contributed by atoms with van der Waals surface area (Å²) in [4.78, 5) is 16.0. The molecule has 0 radical (unpaired) electrons. The van der Waals surface area contributed by atoms with Crippen molar-refractivity contribution in [1.29, 1.82) is 0 Å².